The van der Waals surface area contributed by atoms with Gasteiger partial charge in [-0.1, -0.05) is 45.0 Å². The molecule has 0 unspecified atom stereocenters. The molecule has 0 amide bonds. The van der Waals surface area contributed by atoms with Crippen LogP contribution in [0.15, 0.2) is 24.3 Å². The lowest BCUT2D eigenvalue weighted by molar-refractivity contribution is 0.211. The van der Waals surface area contributed by atoms with E-state index in [2.05, 4.69) is 50.4 Å². The Morgan fingerprint density at radius 3 is 2.17 bits per heavy atom. The first-order valence-corrected chi connectivity index (χ1v) is 7.39. The van der Waals surface area contributed by atoms with Crippen LogP contribution in [0.3, 0.4) is 0 Å². The van der Waals surface area contributed by atoms with Gasteiger partial charge < -0.3 is 5.32 Å². The Morgan fingerprint density at radius 2 is 1.78 bits per heavy atom. The second kappa shape index (κ2) is 5.22. The molecular formula is C16H24ClN. The average Bonchev–Trinajstić information content (AvgIpc) is 2.28. The van der Waals surface area contributed by atoms with Crippen molar-refractivity contribution in [1.29, 1.82) is 0 Å². The predicted molar refractivity (Wildman–Crippen MR) is 79.3 cm³/mol. The van der Waals surface area contributed by atoms with E-state index in [1.165, 1.54) is 30.4 Å². The van der Waals surface area contributed by atoms with Gasteiger partial charge in [-0.25, -0.2) is 0 Å². The van der Waals surface area contributed by atoms with Crippen LogP contribution in [0.4, 0.5) is 0 Å². The molecular weight excluding hydrogens is 242 g/mol. The van der Waals surface area contributed by atoms with E-state index in [0.29, 0.717) is 0 Å². The molecule has 0 spiro atoms. The standard InChI is InChI=1S/C16H24ClN/c1-15(2,3)14-7-5-13(6-8-14)11-18-16(12-17)9-4-10-16/h5-8,18H,4,9-12H2,1-3H3. The Hall–Kier alpha value is -0.530. The van der Waals surface area contributed by atoms with Crippen LogP contribution in [0.1, 0.15) is 51.2 Å². The van der Waals surface area contributed by atoms with E-state index in [4.69, 9.17) is 11.6 Å². The highest BCUT2D eigenvalue weighted by Crippen LogP contribution is 2.33. The largest absolute Gasteiger partial charge is 0.306 e. The van der Waals surface area contributed by atoms with Crippen LogP contribution in [0, 0.1) is 0 Å². The zero-order valence-electron chi connectivity index (χ0n) is 11.7. The molecule has 0 aromatic heterocycles. The van der Waals surface area contributed by atoms with Crippen molar-refractivity contribution in [2.75, 3.05) is 5.88 Å². The summed E-state index contributed by atoms with van der Waals surface area (Å²) in [5.74, 6) is 0.729. The maximum atomic E-state index is 6.05. The number of hydrogen-bond donors (Lipinski definition) is 1. The maximum Gasteiger partial charge on any atom is 0.0406 e. The normalized spacial score (nSPS) is 18.4. The summed E-state index contributed by atoms with van der Waals surface area (Å²) in [5.41, 5.74) is 3.18. The molecule has 1 N–H and O–H groups in total. The molecule has 0 radical (unpaired) electrons. The lowest BCUT2D eigenvalue weighted by atomic mass is 9.78. The third-order valence-electron chi connectivity index (χ3n) is 4.05. The first-order valence-electron chi connectivity index (χ1n) is 6.86. The van der Waals surface area contributed by atoms with Crippen LogP contribution in [-0.2, 0) is 12.0 Å². The van der Waals surface area contributed by atoms with E-state index >= 15 is 0 Å². The molecule has 0 saturated heterocycles. The predicted octanol–water partition coefficient (Wildman–Crippen LogP) is 4.24. The molecule has 1 nitrogen and oxygen atoms in total. The monoisotopic (exact) mass is 265 g/mol. The van der Waals surface area contributed by atoms with Crippen LogP contribution < -0.4 is 5.32 Å². The minimum atomic E-state index is 0.213. The molecule has 2 rings (SSSR count). The van der Waals surface area contributed by atoms with E-state index in [0.717, 1.165) is 12.4 Å². The van der Waals surface area contributed by atoms with Crippen LogP contribution in [-0.4, -0.2) is 11.4 Å². The summed E-state index contributed by atoms with van der Waals surface area (Å²) in [4.78, 5) is 0. The first kappa shape index (κ1) is 13.9. The number of alkyl halides is 1. The average molecular weight is 266 g/mol. The quantitative estimate of drug-likeness (QED) is 0.803. The Bertz CT molecular complexity index is 379. The maximum absolute atomic E-state index is 6.05. The van der Waals surface area contributed by atoms with Gasteiger partial charge in [-0.05, 0) is 35.8 Å². The van der Waals surface area contributed by atoms with Gasteiger partial charge >= 0.3 is 0 Å². The molecule has 0 aliphatic heterocycles. The molecule has 1 saturated carbocycles. The Labute approximate surface area is 116 Å². The molecule has 0 atom stereocenters. The highest BCUT2D eigenvalue weighted by atomic mass is 35.5. The number of rotatable bonds is 4. The lowest BCUT2D eigenvalue weighted by Gasteiger charge is -2.41. The van der Waals surface area contributed by atoms with E-state index in [1.54, 1.807) is 0 Å². The van der Waals surface area contributed by atoms with Gasteiger partial charge in [0.1, 0.15) is 0 Å². The van der Waals surface area contributed by atoms with Gasteiger partial charge in [0.05, 0.1) is 0 Å². The van der Waals surface area contributed by atoms with Gasteiger partial charge in [0, 0.05) is 18.0 Å². The first-order chi connectivity index (χ1) is 8.45. The fourth-order valence-corrected chi connectivity index (χ4v) is 2.74. The van der Waals surface area contributed by atoms with Crippen molar-refractivity contribution >= 4 is 11.6 Å². The lowest BCUT2D eigenvalue weighted by Crippen LogP contribution is -2.52. The van der Waals surface area contributed by atoms with Crippen LogP contribution in [0.2, 0.25) is 0 Å². The van der Waals surface area contributed by atoms with E-state index in [1.807, 2.05) is 0 Å². The van der Waals surface area contributed by atoms with Crippen molar-refractivity contribution in [2.45, 2.75) is 57.5 Å². The van der Waals surface area contributed by atoms with Crippen molar-refractivity contribution in [2.24, 2.45) is 0 Å². The van der Waals surface area contributed by atoms with Crippen molar-refractivity contribution < 1.29 is 0 Å². The number of halogens is 1. The highest BCUT2D eigenvalue weighted by molar-refractivity contribution is 6.18. The zero-order chi connectivity index (χ0) is 13.2. The molecule has 100 valence electrons. The van der Waals surface area contributed by atoms with Crippen molar-refractivity contribution in [1.82, 2.24) is 5.32 Å². The molecule has 1 aromatic carbocycles. The fraction of sp³-hybridized carbons (Fsp3) is 0.625. The smallest absolute Gasteiger partial charge is 0.0406 e. The molecule has 1 aliphatic rings. The van der Waals surface area contributed by atoms with Gasteiger partial charge in [0.2, 0.25) is 0 Å². The molecule has 1 aromatic rings. The van der Waals surface area contributed by atoms with Gasteiger partial charge in [-0.3, -0.25) is 0 Å². The third kappa shape index (κ3) is 3.07. The van der Waals surface area contributed by atoms with Gasteiger partial charge in [0.15, 0.2) is 0 Å². The second-order valence-electron chi connectivity index (χ2n) is 6.57. The van der Waals surface area contributed by atoms with Gasteiger partial charge in [0.25, 0.3) is 0 Å². The van der Waals surface area contributed by atoms with Crippen LogP contribution >= 0.6 is 11.6 Å². The summed E-state index contributed by atoms with van der Waals surface area (Å²) < 4.78 is 0. The van der Waals surface area contributed by atoms with E-state index in [-0.39, 0.29) is 11.0 Å². The molecule has 0 bridgehead atoms. The summed E-state index contributed by atoms with van der Waals surface area (Å²) in [7, 11) is 0. The topological polar surface area (TPSA) is 12.0 Å². The molecule has 0 heterocycles. The number of hydrogen-bond acceptors (Lipinski definition) is 1. The minimum absolute atomic E-state index is 0.213. The zero-order valence-corrected chi connectivity index (χ0v) is 12.5. The second-order valence-corrected chi connectivity index (χ2v) is 6.84. The third-order valence-corrected chi connectivity index (χ3v) is 4.57. The fourth-order valence-electron chi connectivity index (χ4n) is 2.37. The Balaban J connectivity index is 1.94. The van der Waals surface area contributed by atoms with Gasteiger partial charge in [-0.15, -0.1) is 11.6 Å². The summed E-state index contributed by atoms with van der Waals surface area (Å²) in [6.07, 6.45) is 3.75. The number of nitrogens with one attached hydrogen (secondary N) is 1. The summed E-state index contributed by atoms with van der Waals surface area (Å²) >= 11 is 6.05. The van der Waals surface area contributed by atoms with E-state index < -0.39 is 0 Å². The summed E-state index contributed by atoms with van der Waals surface area (Å²) in [6, 6.07) is 8.94. The van der Waals surface area contributed by atoms with Crippen molar-refractivity contribution in [3.05, 3.63) is 35.4 Å². The minimum Gasteiger partial charge on any atom is -0.306 e. The SMILES string of the molecule is CC(C)(C)c1ccc(CNC2(CCl)CCC2)cc1. The number of benzene rings is 1. The molecule has 1 aliphatic carbocycles. The van der Waals surface area contributed by atoms with Crippen LogP contribution in [0.25, 0.3) is 0 Å². The van der Waals surface area contributed by atoms with Crippen molar-refractivity contribution in [3.8, 4) is 0 Å². The van der Waals surface area contributed by atoms with E-state index in [9.17, 15) is 0 Å². The highest BCUT2D eigenvalue weighted by Gasteiger charge is 2.35. The molecule has 18 heavy (non-hydrogen) atoms. The molecule has 1 fully saturated rings. The van der Waals surface area contributed by atoms with Crippen LogP contribution in [0.5, 0.6) is 0 Å². The Morgan fingerprint density at radius 1 is 1.17 bits per heavy atom. The molecule has 2 heteroatoms. The van der Waals surface area contributed by atoms with Gasteiger partial charge in [-0.2, -0.15) is 0 Å². The summed E-state index contributed by atoms with van der Waals surface area (Å²) in [6.45, 7) is 7.67. The summed E-state index contributed by atoms with van der Waals surface area (Å²) in [5, 5.41) is 3.62. The van der Waals surface area contributed by atoms with Crippen molar-refractivity contribution in [3.63, 3.8) is 0 Å². The Kier molecular flexibility index (Phi) is 4.03.